The normalized spacial score (nSPS) is 19.8. The summed E-state index contributed by atoms with van der Waals surface area (Å²) < 4.78 is 18.8. The van der Waals surface area contributed by atoms with E-state index in [1.165, 1.54) is 0 Å². The second-order valence-corrected chi connectivity index (χ2v) is 9.86. The minimum atomic E-state index is -0.654. The van der Waals surface area contributed by atoms with E-state index in [0.29, 0.717) is 37.0 Å². The van der Waals surface area contributed by atoms with Crippen molar-refractivity contribution >= 4 is 27.6 Å². The number of carbonyl (C=O) groups is 1. The molecule has 1 aliphatic carbocycles. The van der Waals surface area contributed by atoms with Crippen LogP contribution in [-0.2, 0) is 19.1 Å². The summed E-state index contributed by atoms with van der Waals surface area (Å²) in [6, 6.07) is 5.68. The first-order valence-electron chi connectivity index (χ1n) is 10.8. The molecule has 6 nitrogen and oxygen atoms in total. The van der Waals surface area contributed by atoms with Crippen molar-refractivity contribution in [2.24, 2.45) is 11.1 Å². The molecule has 0 spiro atoms. The van der Waals surface area contributed by atoms with Crippen molar-refractivity contribution < 1.29 is 23.8 Å². The van der Waals surface area contributed by atoms with E-state index in [2.05, 4.69) is 28.0 Å². The molecule has 0 amide bonds. The third-order valence-electron chi connectivity index (χ3n) is 4.91. The minimum absolute atomic E-state index is 0.253. The number of esters is 1. The minimum Gasteiger partial charge on any atom is -0.478 e. The average molecular weight is 482 g/mol. The molecule has 2 atom stereocenters. The van der Waals surface area contributed by atoms with Crippen molar-refractivity contribution in [2.45, 2.75) is 77.6 Å². The highest BCUT2D eigenvalue weighted by molar-refractivity contribution is 9.10. The third-order valence-corrected chi connectivity index (χ3v) is 5.40. The molecule has 166 valence electrons. The smallest absolute Gasteiger partial charge is 0.347 e. The number of hydrogen-bond donors (Lipinski definition) is 0. The van der Waals surface area contributed by atoms with E-state index in [-0.39, 0.29) is 12.1 Å². The van der Waals surface area contributed by atoms with Crippen molar-refractivity contribution in [1.82, 2.24) is 0 Å². The Morgan fingerprint density at radius 3 is 2.77 bits per heavy atom. The van der Waals surface area contributed by atoms with Crippen LogP contribution in [0.4, 0.5) is 0 Å². The molecule has 1 fully saturated rings. The van der Waals surface area contributed by atoms with Gasteiger partial charge in [0.05, 0.1) is 0 Å². The summed E-state index contributed by atoms with van der Waals surface area (Å²) in [5.74, 6) is 0.769. The van der Waals surface area contributed by atoms with Gasteiger partial charge in [0.25, 0.3) is 0 Å². The van der Waals surface area contributed by atoms with Gasteiger partial charge >= 0.3 is 5.97 Å². The first kappa shape index (κ1) is 23.1. The van der Waals surface area contributed by atoms with Gasteiger partial charge in [-0.2, -0.15) is 0 Å². The van der Waals surface area contributed by atoms with Crippen molar-refractivity contribution in [3.63, 3.8) is 0 Å². The van der Waals surface area contributed by atoms with Gasteiger partial charge in [-0.05, 0) is 57.7 Å². The van der Waals surface area contributed by atoms with Gasteiger partial charge in [-0.3, -0.25) is 0 Å². The number of halogens is 1. The molecule has 1 aromatic rings. The summed E-state index contributed by atoms with van der Waals surface area (Å²) >= 11 is 3.53. The predicted octanol–water partition coefficient (Wildman–Crippen LogP) is 5.26. The van der Waals surface area contributed by atoms with E-state index in [9.17, 15) is 4.79 Å². The highest BCUT2D eigenvalue weighted by Crippen LogP contribution is 2.36. The number of unbranched alkanes of at least 4 members (excludes halogenated alkanes) is 1. The van der Waals surface area contributed by atoms with Gasteiger partial charge in [0.2, 0.25) is 0 Å². The first-order valence-corrected chi connectivity index (χ1v) is 11.6. The molecule has 1 saturated carbocycles. The Kier molecular flexibility index (Phi) is 7.80. The van der Waals surface area contributed by atoms with E-state index >= 15 is 0 Å². The van der Waals surface area contributed by atoms with Gasteiger partial charge in [-0.1, -0.05) is 47.3 Å². The number of benzene rings is 1. The fourth-order valence-electron chi connectivity index (χ4n) is 3.21. The number of hydrogen-bond acceptors (Lipinski definition) is 6. The topological polar surface area (TPSA) is 66.3 Å². The molecule has 1 aromatic carbocycles. The van der Waals surface area contributed by atoms with Crippen molar-refractivity contribution in [3.8, 4) is 5.75 Å². The zero-order chi connectivity index (χ0) is 21.7. The van der Waals surface area contributed by atoms with Crippen LogP contribution in [-0.4, -0.2) is 42.7 Å². The quantitative estimate of drug-likeness (QED) is 0.336. The number of ether oxygens (including phenoxy) is 3. The molecular formula is C23H32BrNO5. The summed E-state index contributed by atoms with van der Waals surface area (Å²) in [7, 11) is 0. The monoisotopic (exact) mass is 481 g/mol. The highest BCUT2D eigenvalue weighted by Gasteiger charge is 2.35. The van der Waals surface area contributed by atoms with Gasteiger partial charge in [-0.15, -0.1) is 0 Å². The molecule has 3 rings (SSSR count). The van der Waals surface area contributed by atoms with Crippen molar-refractivity contribution in [2.75, 3.05) is 13.2 Å². The van der Waals surface area contributed by atoms with Crippen LogP contribution in [0, 0.1) is 5.92 Å². The highest BCUT2D eigenvalue weighted by atomic mass is 79.9. The molecular weight excluding hydrogens is 450 g/mol. The predicted molar refractivity (Wildman–Crippen MR) is 119 cm³/mol. The van der Waals surface area contributed by atoms with Crippen LogP contribution < -0.4 is 4.74 Å². The molecule has 7 heteroatoms. The lowest BCUT2D eigenvalue weighted by Crippen LogP contribution is -2.36. The maximum atomic E-state index is 12.8. The van der Waals surface area contributed by atoms with Gasteiger partial charge in [0.1, 0.15) is 29.8 Å². The SMILES string of the molecule is CCCCO[C@@H]1CON=C1c1cc(Br)ccc1O[C@@H](CC1CC1)C(=O)OC(C)(C)C. The molecule has 0 unspecified atom stereocenters. The average Bonchev–Trinajstić information content (AvgIpc) is 3.36. The second-order valence-electron chi connectivity index (χ2n) is 8.94. The molecule has 1 aliphatic heterocycles. The lowest BCUT2D eigenvalue weighted by Gasteiger charge is -2.25. The van der Waals surface area contributed by atoms with Crippen LogP contribution in [0.2, 0.25) is 0 Å². The van der Waals surface area contributed by atoms with Gasteiger partial charge in [0.15, 0.2) is 6.10 Å². The fourth-order valence-corrected chi connectivity index (χ4v) is 3.57. The van der Waals surface area contributed by atoms with E-state index in [0.717, 1.165) is 35.7 Å². The number of carbonyl (C=O) groups excluding carboxylic acids is 1. The summed E-state index contributed by atoms with van der Waals surface area (Å²) in [6.45, 7) is 8.76. The zero-order valence-corrected chi connectivity index (χ0v) is 19.9. The Balaban J connectivity index is 1.81. The lowest BCUT2D eigenvalue weighted by molar-refractivity contribution is -0.164. The maximum absolute atomic E-state index is 12.8. The summed E-state index contributed by atoms with van der Waals surface area (Å²) in [5, 5.41) is 4.23. The van der Waals surface area contributed by atoms with Crippen LogP contribution in [0.25, 0.3) is 0 Å². The van der Waals surface area contributed by atoms with E-state index in [4.69, 9.17) is 19.0 Å². The van der Waals surface area contributed by atoms with E-state index in [1.54, 1.807) is 0 Å². The molecule has 1 heterocycles. The summed E-state index contributed by atoms with van der Waals surface area (Å²) in [5.41, 5.74) is 0.899. The number of nitrogens with zero attached hydrogens (tertiary/aromatic N) is 1. The Hall–Kier alpha value is -1.60. The van der Waals surface area contributed by atoms with Crippen LogP contribution in [0.1, 0.15) is 65.4 Å². The standard InChI is InChI=1S/C23H32BrNO5/c1-5-6-11-27-20-14-28-25-21(20)17-13-16(24)9-10-18(17)29-19(12-15-7-8-15)22(26)30-23(2,3)4/h9-10,13,15,19-20H,5-8,11-12,14H2,1-4H3/t19-,20+/m0/s1. The second kappa shape index (κ2) is 10.1. The molecule has 0 radical (unpaired) electrons. The van der Waals surface area contributed by atoms with Crippen molar-refractivity contribution in [3.05, 3.63) is 28.2 Å². The molecule has 30 heavy (non-hydrogen) atoms. The van der Waals surface area contributed by atoms with Crippen LogP contribution in [0.15, 0.2) is 27.8 Å². The van der Waals surface area contributed by atoms with Gasteiger partial charge in [-0.25, -0.2) is 4.79 Å². The molecule has 0 N–H and O–H groups in total. The molecule has 2 aliphatic rings. The van der Waals surface area contributed by atoms with Gasteiger partial charge < -0.3 is 19.0 Å². The first-order chi connectivity index (χ1) is 14.3. The summed E-state index contributed by atoms with van der Waals surface area (Å²) in [6.07, 6.45) is 4.05. The molecule has 0 aromatic heterocycles. The van der Waals surface area contributed by atoms with Crippen LogP contribution >= 0.6 is 15.9 Å². The van der Waals surface area contributed by atoms with Crippen molar-refractivity contribution in [1.29, 1.82) is 0 Å². The Bertz CT molecular complexity index is 769. The third kappa shape index (κ3) is 6.71. The number of rotatable bonds is 10. The van der Waals surface area contributed by atoms with Crippen LogP contribution in [0.3, 0.4) is 0 Å². The Morgan fingerprint density at radius 1 is 1.33 bits per heavy atom. The molecule has 0 bridgehead atoms. The Labute approximate surface area is 187 Å². The fraction of sp³-hybridized carbons (Fsp3) is 0.652. The zero-order valence-electron chi connectivity index (χ0n) is 18.3. The molecule has 0 saturated heterocycles. The van der Waals surface area contributed by atoms with Crippen LogP contribution in [0.5, 0.6) is 5.75 Å². The Morgan fingerprint density at radius 2 is 2.10 bits per heavy atom. The summed E-state index contributed by atoms with van der Waals surface area (Å²) in [4.78, 5) is 18.2. The number of oxime groups is 1. The largest absolute Gasteiger partial charge is 0.478 e. The van der Waals surface area contributed by atoms with E-state index in [1.807, 2.05) is 39.0 Å². The lowest BCUT2D eigenvalue weighted by atomic mass is 10.0. The van der Waals surface area contributed by atoms with E-state index < -0.39 is 11.7 Å². The maximum Gasteiger partial charge on any atom is 0.347 e. The van der Waals surface area contributed by atoms with Gasteiger partial charge in [0, 0.05) is 16.6 Å².